The van der Waals surface area contributed by atoms with E-state index in [-0.39, 0.29) is 17.5 Å². The molecule has 0 N–H and O–H groups in total. The first-order valence-corrected chi connectivity index (χ1v) is 9.32. The summed E-state index contributed by atoms with van der Waals surface area (Å²) in [5, 5.41) is 11.0. The summed E-state index contributed by atoms with van der Waals surface area (Å²) in [6.07, 6.45) is 8.94. The van der Waals surface area contributed by atoms with E-state index in [1.54, 1.807) is 10.6 Å². The highest BCUT2D eigenvalue weighted by Gasteiger charge is 2.35. The van der Waals surface area contributed by atoms with Crippen LogP contribution in [0.5, 0.6) is 0 Å². The molecule has 0 bridgehead atoms. The van der Waals surface area contributed by atoms with Crippen LogP contribution in [0.15, 0.2) is 90.9 Å². The van der Waals surface area contributed by atoms with Gasteiger partial charge in [0.2, 0.25) is 6.33 Å². The van der Waals surface area contributed by atoms with Gasteiger partial charge < -0.3 is 10.1 Å². The van der Waals surface area contributed by atoms with Crippen molar-refractivity contribution in [3.63, 3.8) is 0 Å². The summed E-state index contributed by atoms with van der Waals surface area (Å²) in [7, 11) is 0. The van der Waals surface area contributed by atoms with Crippen LogP contribution in [0.1, 0.15) is 29.5 Å². The quantitative estimate of drug-likeness (QED) is 0.470. The lowest BCUT2D eigenvalue weighted by Gasteiger charge is -2.30. The highest BCUT2D eigenvalue weighted by atomic mass is 16.6. The first kappa shape index (κ1) is 18.6. The summed E-state index contributed by atoms with van der Waals surface area (Å²) in [5.41, 5.74) is 3.00. The van der Waals surface area contributed by atoms with Crippen molar-refractivity contribution in [1.82, 2.24) is 9.55 Å². The first-order valence-electron chi connectivity index (χ1n) is 9.32. The number of nitro groups is 1. The predicted molar refractivity (Wildman–Crippen MR) is 110 cm³/mol. The third kappa shape index (κ3) is 4.06. The van der Waals surface area contributed by atoms with Crippen molar-refractivity contribution in [2.45, 2.75) is 18.4 Å². The van der Waals surface area contributed by atoms with Gasteiger partial charge in [0.05, 0.1) is 0 Å². The Kier molecular flexibility index (Phi) is 5.16. The topological polar surface area (TPSA) is 78.0 Å². The van der Waals surface area contributed by atoms with Gasteiger partial charge in [0.15, 0.2) is 5.78 Å². The van der Waals surface area contributed by atoms with Gasteiger partial charge in [-0.3, -0.25) is 9.36 Å². The van der Waals surface area contributed by atoms with Crippen LogP contribution >= 0.6 is 0 Å². The summed E-state index contributed by atoms with van der Waals surface area (Å²) >= 11 is 0. The molecule has 1 aliphatic carbocycles. The molecule has 0 spiro atoms. The molecule has 144 valence electrons. The molecule has 2 atom stereocenters. The SMILES string of the molecule is O=C1C=C(C=Cc2ccccc2)C[C@H](c2ccccc2)[C@H]1n1cnc([N+](=O)[O-])c1. The maximum absolute atomic E-state index is 13.1. The lowest BCUT2D eigenvalue weighted by molar-refractivity contribution is -0.389. The van der Waals surface area contributed by atoms with Crippen molar-refractivity contribution in [3.05, 3.63) is 112 Å². The van der Waals surface area contributed by atoms with Crippen molar-refractivity contribution >= 4 is 17.7 Å². The van der Waals surface area contributed by atoms with E-state index < -0.39 is 11.0 Å². The summed E-state index contributed by atoms with van der Waals surface area (Å²) in [6.45, 7) is 0. The second-order valence-corrected chi connectivity index (χ2v) is 6.97. The fourth-order valence-electron chi connectivity index (χ4n) is 3.70. The number of aromatic nitrogens is 2. The first-order chi connectivity index (χ1) is 14.1. The van der Waals surface area contributed by atoms with Crippen LogP contribution in [0.4, 0.5) is 5.82 Å². The second-order valence-electron chi connectivity index (χ2n) is 6.97. The molecular formula is C23H19N3O3. The summed E-state index contributed by atoms with van der Waals surface area (Å²) in [6, 6.07) is 19.1. The minimum atomic E-state index is -0.563. The van der Waals surface area contributed by atoms with E-state index in [4.69, 9.17) is 0 Å². The van der Waals surface area contributed by atoms with Crippen molar-refractivity contribution in [3.8, 4) is 0 Å². The molecule has 29 heavy (non-hydrogen) atoms. The van der Waals surface area contributed by atoms with Crippen LogP contribution in [0.25, 0.3) is 6.08 Å². The molecule has 0 radical (unpaired) electrons. The standard InChI is InChI=1S/C23H19N3O3/c27-21-14-18(12-11-17-7-3-1-4-8-17)13-20(19-9-5-2-6-10-19)23(21)25-15-22(24-16-25)26(28)29/h1-12,14-16,20,23H,13H2/t20-,23-/m1/s1. The summed E-state index contributed by atoms with van der Waals surface area (Å²) < 4.78 is 1.56. The molecular weight excluding hydrogens is 366 g/mol. The van der Waals surface area contributed by atoms with Crippen LogP contribution in [-0.2, 0) is 4.79 Å². The van der Waals surface area contributed by atoms with Gasteiger partial charge in [-0.1, -0.05) is 72.8 Å². The minimum Gasteiger partial charge on any atom is -0.358 e. The fourth-order valence-corrected chi connectivity index (χ4v) is 3.70. The molecule has 6 nitrogen and oxygen atoms in total. The number of benzene rings is 2. The van der Waals surface area contributed by atoms with Crippen LogP contribution in [0, 0.1) is 10.1 Å². The van der Waals surface area contributed by atoms with Gasteiger partial charge in [-0.15, -0.1) is 0 Å². The molecule has 1 aromatic heterocycles. The number of nitrogens with zero attached hydrogens (tertiary/aromatic N) is 3. The zero-order valence-electron chi connectivity index (χ0n) is 15.6. The van der Waals surface area contributed by atoms with E-state index in [0.29, 0.717) is 6.42 Å². The highest BCUT2D eigenvalue weighted by Crippen LogP contribution is 2.39. The van der Waals surface area contributed by atoms with Gasteiger partial charge in [-0.25, -0.2) is 0 Å². The average molecular weight is 385 g/mol. The van der Waals surface area contributed by atoms with Gasteiger partial charge in [0, 0.05) is 5.92 Å². The second kappa shape index (κ2) is 8.06. The number of allylic oxidation sites excluding steroid dienone is 3. The number of carbonyl (C=O) groups is 1. The lowest BCUT2D eigenvalue weighted by Crippen LogP contribution is -2.28. The van der Waals surface area contributed by atoms with E-state index in [1.807, 2.05) is 72.8 Å². The molecule has 0 amide bonds. The van der Waals surface area contributed by atoms with Crippen LogP contribution in [-0.4, -0.2) is 20.3 Å². The maximum atomic E-state index is 13.1. The Hall–Kier alpha value is -3.80. The van der Waals surface area contributed by atoms with Gasteiger partial charge in [0.1, 0.15) is 12.2 Å². The largest absolute Gasteiger partial charge is 0.381 e. The van der Waals surface area contributed by atoms with Crippen molar-refractivity contribution in [2.24, 2.45) is 0 Å². The number of imidazole rings is 1. The van der Waals surface area contributed by atoms with E-state index in [1.165, 1.54) is 12.5 Å². The van der Waals surface area contributed by atoms with Crippen LogP contribution in [0.2, 0.25) is 0 Å². The van der Waals surface area contributed by atoms with Crippen LogP contribution < -0.4 is 0 Å². The Morgan fingerprint density at radius 1 is 1.03 bits per heavy atom. The number of carbonyl (C=O) groups excluding carboxylic acids is 1. The molecule has 0 saturated heterocycles. The van der Waals surface area contributed by atoms with Crippen molar-refractivity contribution in [1.29, 1.82) is 0 Å². The third-order valence-corrected chi connectivity index (χ3v) is 5.07. The molecule has 1 heterocycles. The average Bonchev–Trinajstić information content (AvgIpc) is 3.23. The smallest absolute Gasteiger partial charge is 0.358 e. The molecule has 0 aliphatic heterocycles. The van der Waals surface area contributed by atoms with Crippen molar-refractivity contribution < 1.29 is 9.72 Å². The molecule has 0 fully saturated rings. The molecule has 2 aromatic carbocycles. The molecule has 4 rings (SSSR count). The maximum Gasteiger partial charge on any atom is 0.381 e. The predicted octanol–water partition coefficient (Wildman–Crippen LogP) is 4.73. The van der Waals surface area contributed by atoms with E-state index in [9.17, 15) is 14.9 Å². The summed E-state index contributed by atoms with van der Waals surface area (Å²) in [5.74, 6) is -0.494. The Bertz CT molecular complexity index is 1080. The fraction of sp³-hybridized carbons (Fsp3) is 0.130. The van der Waals surface area contributed by atoms with Gasteiger partial charge in [-0.05, 0) is 39.1 Å². The number of hydrogen-bond donors (Lipinski definition) is 0. The van der Waals surface area contributed by atoms with Gasteiger partial charge >= 0.3 is 5.82 Å². The zero-order valence-corrected chi connectivity index (χ0v) is 15.6. The Morgan fingerprint density at radius 3 is 2.38 bits per heavy atom. The molecule has 1 aliphatic rings. The van der Waals surface area contributed by atoms with E-state index in [0.717, 1.165) is 16.7 Å². The van der Waals surface area contributed by atoms with E-state index in [2.05, 4.69) is 4.98 Å². The van der Waals surface area contributed by atoms with Gasteiger partial charge in [0.25, 0.3) is 0 Å². The summed E-state index contributed by atoms with van der Waals surface area (Å²) in [4.78, 5) is 27.4. The Balaban J connectivity index is 1.70. The minimum absolute atomic E-state index is 0.0925. The molecule has 0 unspecified atom stereocenters. The van der Waals surface area contributed by atoms with E-state index >= 15 is 0 Å². The van der Waals surface area contributed by atoms with Gasteiger partial charge in [-0.2, -0.15) is 0 Å². The number of ketones is 1. The normalized spacial score (nSPS) is 19.3. The lowest BCUT2D eigenvalue weighted by atomic mass is 9.79. The van der Waals surface area contributed by atoms with Crippen LogP contribution in [0.3, 0.4) is 0 Å². The highest BCUT2D eigenvalue weighted by molar-refractivity contribution is 5.96. The van der Waals surface area contributed by atoms with Crippen molar-refractivity contribution in [2.75, 3.05) is 0 Å². The monoisotopic (exact) mass is 385 g/mol. The number of hydrogen-bond acceptors (Lipinski definition) is 4. The Labute approximate surface area is 168 Å². The number of rotatable bonds is 5. The molecule has 0 saturated carbocycles. The Morgan fingerprint density at radius 2 is 1.72 bits per heavy atom. The zero-order chi connectivity index (χ0) is 20.2. The third-order valence-electron chi connectivity index (χ3n) is 5.07. The molecule has 3 aromatic rings. The molecule has 6 heteroatoms.